The van der Waals surface area contributed by atoms with Gasteiger partial charge in [0.2, 0.25) is 10.0 Å². The van der Waals surface area contributed by atoms with Gasteiger partial charge in [-0.1, -0.05) is 30.3 Å². The second-order valence-electron chi connectivity index (χ2n) is 6.17. The number of pyridine rings is 1. The molecule has 26 heavy (non-hydrogen) atoms. The zero-order valence-corrected chi connectivity index (χ0v) is 15.0. The molecule has 0 saturated heterocycles. The molecule has 3 aromatic rings. The summed E-state index contributed by atoms with van der Waals surface area (Å²) in [6.07, 6.45) is 4.17. The van der Waals surface area contributed by atoms with Gasteiger partial charge in [-0.05, 0) is 17.7 Å². The molecule has 134 valence electrons. The molecular weight excluding hydrogens is 350 g/mol. The van der Waals surface area contributed by atoms with Crippen molar-refractivity contribution in [3.8, 4) is 0 Å². The number of hydrogen-bond acceptors (Lipinski definition) is 5. The normalized spacial score (nSPS) is 15.4. The first kappa shape index (κ1) is 16.9. The molecule has 0 aliphatic carbocycles. The Morgan fingerprint density at radius 1 is 1.00 bits per heavy atom. The predicted molar refractivity (Wildman–Crippen MR) is 96.0 cm³/mol. The van der Waals surface area contributed by atoms with E-state index >= 15 is 0 Å². The van der Waals surface area contributed by atoms with Crippen LogP contribution in [0.1, 0.15) is 17.2 Å². The summed E-state index contributed by atoms with van der Waals surface area (Å²) < 4.78 is 28.8. The molecule has 1 aliphatic rings. The lowest BCUT2D eigenvalue weighted by molar-refractivity contribution is 0.408. The Bertz CT molecular complexity index is 961. The molecule has 3 heterocycles. The van der Waals surface area contributed by atoms with E-state index in [4.69, 9.17) is 0 Å². The predicted octanol–water partition coefficient (Wildman–Crippen LogP) is 1.51. The number of fused-ring (bicyclic) bond motifs is 1. The summed E-state index contributed by atoms with van der Waals surface area (Å²) in [7, 11) is -3.54. The van der Waals surface area contributed by atoms with Gasteiger partial charge in [0.15, 0.2) is 5.82 Å². The lowest BCUT2D eigenvalue weighted by atomic mass is 10.1. The lowest BCUT2D eigenvalue weighted by Gasteiger charge is -2.19. The van der Waals surface area contributed by atoms with Gasteiger partial charge in [0, 0.05) is 38.3 Å². The highest BCUT2D eigenvalue weighted by molar-refractivity contribution is 7.89. The Morgan fingerprint density at radius 2 is 1.85 bits per heavy atom. The molecule has 4 rings (SSSR count). The summed E-state index contributed by atoms with van der Waals surface area (Å²) in [6, 6.07) is 13.3. The topological polar surface area (TPSA) is 81.0 Å². The van der Waals surface area contributed by atoms with Gasteiger partial charge in [-0.15, -0.1) is 0 Å². The van der Waals surface area contributed by atoms with Gasteiger partial charge in [-0.2, -0.15) is 9.40 Å². The zero-order chi connectivity index (χ0) is 18.0. The molecule has 1 aliphatic heterocycles. The maximum Gasteiger partial charge on any atom is 0.244 e. The third-order valence-electron chi connectivity index (χ3n) is 4.42. The van der Waals surface area contributed by atoms with E-state index < -0.39 is 10.0 Å². The number of nitrogens with zero attached hydrogens (tertiary/aromatic N) is 5. The van der Waals surface area contributed by atoms with Crippen LogP contribution in [0.5, 0.6) is 0 Å². The molecule has 0 unspecified atom stereocenters. The van der Waals surface area contributed by atoms with Crippen molar-refractivity contribution in [2.45, 2.75) is 24.3 Å². The molecule has 0 atom stereocenters. The van der Waals surface area contributed by atoms with Gasteiger partial charge >= 0.3 is 0 Å². The van der Waals surface area contributed by atoms with Crippen LogP contribution >= 0.6 is 0 Å². The first-order valence-corrected chi connectivity index (χ1v) is 9.93. The van der Waals surface area contributed by atoms with Gasteiger partial charge in [-0.3, -0.25) is 4.98 Å². The van der Waals surface area contributed by atoms with E-state index in [-0.39, 0.29) is 4.90 Å². The highest BCUT2D eigenvalue weighted by atomic mass is 32.2. The summed E-state index contributed by atoms with van der Waals surface area (Å²) >= 11 is 0. The highest BCUT2D eigenvalue weighted by Gasteiger charge is 2.27. The van der Waals surface area contributed by atoms with Crippen molar-refractivity contribution in [1.82, 2.24) is 24.1 Å². The van der Waals surface area contributed by atoms with Crippen LogP contribution < -0.4 is 0 Å². The standard InChI is InChI=1S/C18H19N5O2S/c24-26(25,16-7-4-9-19-14-16)22-10-8-18-20-17(21-23(18)12-11-22)13-15-5-2-1-3-6-15/h1-7,9,14H,8,10-13H2. The molecule has 2 aromatic heterocycles. The molecule has 8 heteroatoms. The number of rotatable bonds is 4. The van der Waals surface area contributed by atoms with Crippen LogP contribution in [0.3, 0.4) is 0 Å². The molecule has 0 fully saturated rings. The van der Waals surface area contributed by atoms with Crippen LogP contribution in [0.4, 0.5) is 0 Å². The van der Waals surface area contributed by atoms with Crippen molar-refractivity contribution in [2.75, 3.05) is 13.1 Å². The minimum absolute atomic E-state index is 0.220. The molecule has 0 spiro atoms. The molecule has 0 radical (unpaired) electrons. The zero-order valence-electron chi connectivity index (χ0n) is 14.2. The number of aromatic nitrogens is 4. The van der Waals surface area contributed by atoms with Crippen molar-refractivity contribution < 1.29 is 8.42 Å². The number of sulfonamides is 1. The van der Waals surface area contributed by atoms with Crippen molar-refractivity contribution in [1.29, 1.82) is 0 Å². The van der Waals surface area contributed by atoms with Crippen LogP contribution in [-0.4, -0.2) is 45.6 Å². The lowest BCUT2D eigenvalue weighted by Crippen LogP contribution is -2.33. The fourth-order valence-electron chi connectivity index (χ4n) is 3.08. The average molecular weight is 369 g/mol. The van der Waals surface area contributed by atoms with Gasteiger partial charge in [0.05, 0.1) is 6.54 Å². The maximum atomic E-state index is 12.8. The Balaban J connectivity index is 1.50. The Hall–Kier alpha value is -2.58. The molecule has 0 bridgehead atoms. The van der Waals surface area contributed by atoms with Crippen molar-refractivity contribution in [3.63, 3.8) is 0 Å². The molecule has 0 saturated carbocycles. The van der Waals surface area contributed by atoms with Gasteiger partial charge < -0.3 is 0 Å². The fraction of sp³-hybridized carbons (Fsp3) is 0.278. The second kappa shape index (κ2) is 6.97. The molecule has 1 aromatic carbocycles. The summed E-state index contributed by atoms with van der Waals surface area (Å²) in [5.74, 6) is 1.61. The Morgan fingerprint density at radius 3 is 2.62 bits per heavy atom. The van der Waals surface area contributed by atoms with Crippen molar-refractivity contribution >= 4 is 10.0 Å². The van der Waals surface area contributed by atoms with E-state index in [1.807, 2.05) is 22.9 Å². The highest BCUT2D eigenvalue weighted by Crippen LogP contribution is 2.18. The fourth-order valence-corrected chi connectivity index (χ4v) is 4.47. The van der Waals surface area contributed by atoms with Crippen molar-refractivity contribution in [3.05, 3.63) is 72.1 Å². The third-order valence-corrected chi connectivity index (χ3v) is 6.30. The minimum Gasteiger partial charge on any atom is -0.263 e. The maximum absolute atomic E-state index is 12.8. The molecular formula is C18H19N5O2S. The largest absolute Gasteiger partial charge is 0.263 e. The number of benzene rings is 1. The van der Waals surface area contributed by atoms with Crippen LogP contribution in [0.2, 0.25) is 0 Å². The van der Waals surface area contributed by atoms with Crippen molar-refractivity contribution in [2.24, 2.45) is 0 Å². The van der Waals surface area contributed by atoms with Gasteiger partial charge in [0.1, 0.15) is 10.7 Å². The first-order chi connectivity index (χ1) is 12.6. The summed E-state index contributed by atoms with van der Waals surface area (Å²) in [5, 5.41) is 4.57. The van der Waals surface area contributed by atoms with Crippen LogP contribution in [0.15, 0.2) is 59.8 Å². The van der Waals surface area contributed by atoms with E-state index in [9.17, 15) is 8.42 Å². The third kappa shape index (κ3) is 3.38. The van der Waals surface area contributed by atoms with E-state index in [1.165, 1.54) is 10.5 Å². The van der Waals surface area contributed by atoms with E-state index in [1.54, 1.807) is 18.3 Å². The van der Waals surface area contributed by atoms with Gasteiger partial charge in [0.25, 0.3) is 0 Å². The Kier molecular flexibility index (Phi) is 4.52. The molecule has 0 N–H and O–H groups in total. The van der Waals surface area contributed by atoms with Crippen LogP contribution in [0.25, 0.3) is 0 Å². The molecule has 7 nitrogen and oxygen atoms in total. The molecule has 0 amide bonds. The Labute approximate surface area is 152 Å². The van der Waals surface area contributed by atoms with E-state index in [0.717, 1.165) is 17.2 Å². The minimum atomic E-state index is -3.54. The summed E-state index contributed by atoms with van der Waals surface area (Å²) in [6.45, 7) is 1.26. The van der Waals surface area contributed by atoms with Gasteiger partial charge in [-0.25, -0.2) is 18.1 Å². The van der Waals surface area contributed by atoms with E-state index in [2.05, 4.69) is 27.2 Å². The second-order valence-corrected chi connectivity index (χ2v) is 8.11. The van der Waals surface area contributed by atoms with Crippen LogP contribution in [0, 0.1) is 0 Å². The monoisotopic (exact) mass is 369 g/mol. The first-order valence-electron chi connectivity index (χ1n) is 8.49. The SMILES string of the molecule is O=S(=O)(c1cccnc1)N1CCc2nc(Cc3ccccc3)nn2CC1. The van der Waals surface area contributed by atoms with Crippen LogP contribution in [-0.2, 0) is 29.4 Å². The van der Waals surface area contributed by atoms with E-state index in [0.29, 0.717) is 32.5 Å². The smallest absolute Gasteiger partial charge is 0.244 e. The quantitative estimate of drug-likeness (QED) is 0.696. The average Bonchev–Trinajstić information content (AvgIpc) is 2.93. The number of hydrogen-bond donors (Lipinski definition) is 0. The summed E-state index contributed by atoms with van der Waals surface area (Å²) in [5.41, 5.74) is 1.16. The summed E-state index contributed by atoms with van der Waals surface area (Å²) in [4.78, 5) is 8.75.